The molecule has 0 aliphatic carbocycles. The van der Waals surface area contributed by atoms with Gasteiger partial charge in [-0.2, -0.15) is 0 Å². The van der Waals surface area contributed by atoms with Crippen molar-refractivity contribution in [3.63, 3.8) is 0 Å². The molecule has 0 aliphatic heterocycles. The van der Waals surface area contributed by atoms with Gasteiger partial charge in [0.2, 0.25) is 0 Å². The molecule has 1 atom stereocenters. The quantitative estimate of drug-likeness (QED) is 0.388. The van der Waals surface area contributed by atoms with Crippen molar-refractivity contribution in [1.82, 2.24) is 0 Å². The van der Waals surface area contributed by atoms with Gasteiger partial charge in [0, 0.05) is 0 Å². The van der Waals surface area contributed by atoms with Crippen molar-refractivity contribution in [1.29, 1.82) is 0 Å². The van der Waals surface area contributed by atoms with Crippen LogP contribution in [0.15, 0.2) is 12.7 Å². The van der Waals surface area contributed by atoms with E-state index in [1.54, 1.807) is 0 Å². The lowest BCUT2D eigenvalue weighted by Crippen LogP contribution is -1.93. The predicted octanol–water partition coefficient (Wildman–Crippen LogP) is 2.03. The molecular formula is C8H17B. The summed E-state index contributed by atoms with van der Waals surface area (Å²) < 4.78 is 0. The average molecular weight is 124 g/mol. The Balaban J connectivity index is 3.20. The second-order valence-corrected chi connectivity index (χ2v) is 2.55. The maximum atomic E-state index is 3.78. The van der Waals surface area contributed by atoms with Crippen LogP contribution in [0.4, 0.5) is 0 Å². The zero-order valence-electron chi connectivity index (χ0n) is 6.69. The summed E-state index contributed by atoms with van der Waals surface area (Å²) in [7, 11) is 2.22. The van der Waals surface area contributed by atoms with Gasteiger partial charge in [-0.3, -0.25) is 0 Å². The second kappa shape index (κ2) is 5.93. The largest absolute Gasteiger partial charge is 0.103 e. The molecule has 0 aromatic carbocycles. The Hall–Kier alpha value is -0.195. The highest BCUT2D eigenvalue weighted by Gasteiger charge is 1.97. The first-order valence-electron chi connectivity index (χ1n) is 3.97. The van der Waals surface area contributed by atoms with Crippen molar-refractivity contribution in [3.8, 4) is 0 Å². The molecule has 1 heteroatoms. The monoisotopic (exact) mass is 124 g/mol. The normalized spacial score (nSPS) is 13.0. The SMILES string of the molecule is BCC(C=C)CCCC. The third kappa shape index (κ3) is 4.32. The average Bonchev–Trinajstić information content (AvgIpc) is 1.91. The van der Waals surface area contributed by atoms with E-state index in [4.69, 9.17) is 0 Å². The minimum atomic E-state index is 0.768. The second-order valence-electron chi connectivity index (χ2n) is 2.55. The van der Waals surface area contributed by atoms with Gasteiger partial charge in [-0.15, -0.1) is 6.58 Å². The predicted molar refractivity (Wildman–Crippen MR) is 46.6 cm³/mol. The van der Waals surface area contributed by atoms with Gasteiger partial charge in [0.15, 0.2) is 0 Å². The summed E-state index contributed by atoms with van der Waals surface area (Å²) in [5.41, 5.74) is 0. The molecule has 0 heterocycles. The molecule has 0 aromatic rings. The van der Waals surface area contributed by atoms with Gasteiger partial charge in [0.25, 0.3) is 0 Å². The van der Waals surface area contributed by atoms with E-state index in [2.05, 4.69) is 27.4 Å². The van der Waals surface area contributed by atoms with Gasteiger partial charge >= 0.3 is 0 Å². The number of rotatable bonds is 5. The Labute approximate surface area is 59.8 Å². The number of unbranched alkanes of at least 4 members (excludes halogenated alkanes) is 1. The molecule has 0 radical (unpaired) electrons. The Bertz CT molecular complexity index is 69.0. The van der Waals surface area contributed by atoms with Crippen molar-refractivity contribution >= 4 is 7.85 Å². The highest BCUT2D eigenvalue weighted by molar-refractivity contribution is 6.08. The zero-order chi connectivity index (χ0) is 7.11. The van der Waals surface area contributed by atoms with Crippen LogP contribution in [0.5, 0.6) is 0 Å². The van der Waals surface area contributed by atoms with Crippen LogP contribution in [0, 0.1) is 5.92 Å². The Morgan fingerprint density at radius 2 is 2.33 bits per heavy atom. The summed E-state index contributed by atoms with van der Waals surface area (Å²) in [4.78, 5) is 0. The lowest BCUT2D eigenvalue weighted by atomic mass is 9.88. The van der Waals surface area contributed by atoms with E-state index in [1.165, 1.54) is 25.6 Å². The van der Waals surface area contributed by atoms with Gasteiger partial charge in [-0.1, -0.05) is 32.2 Å². The smallest absolute Gasteiger partial charge is 0.102 e. The molecule has 52 valence electrons. The summed E-state index contributed by atoms with van der Waals surface area (Å²) in [6, 6.07) is 0. The van der Waals surface area contributed by atoms with Crippen molar-refractivity contribution < 1.29 is 0 Å². The Morgan fingerprint density at radius 3 is 2.67 bits per heavy atom. The first-order valence-corrected chi connectivity index (χ1v) is 3.97. The van der Waals surface area contributed by atoms with Crippen LogP contribution in [0.3, 0.4) is 0 Å². The standard InChI is InChI=1S/C8H17B/c1-3-5-6-8(4-2)7-9/h4,8H,2-3,5-7,9H2,1H3. The van der Waals surface area contributed by atoms with Gasteiger partial charge in [0.1, 0.15) is 7.85 Å². The summed E-state index contributed by atoms with van der Waals surface area (Å²) in [6.07, 6.45) is 7.32. The fraction of sp³-hybridized carbons (Fsp3) is 0.750. The molecule has 0 N–H and O–H groups in total. The van der Waals surface area contributed by atoms with Gasteiger partial charge in [0.05, 0.1) is 0 Å². The molecular weight excluding hydrogens is 107 g/mol. The molecule has 0 spiro atoms. The summed E-state index contributed by atoms with van der Waals surface area (Å²) >= 11 is 0. The molecule has 9 heavy (non-hydrogen) atoms. The molecule has 0 bridgehead atoms. The third-order valence-corrected chi connectivity index (χ3v) is 1.79. The highest BCUT2D eigenvalue weighted by Crippen LogP contribution is 2.11. The molecule has 0 saturated heterocycles. The van der Waals surface area contributed by atoms with Crippen LogP contribution < -0.4 is 0 Å². The lowest BCUT2D eigenvalue weighted by Gasteiger charge is -2.06. The van der Waals surface area contributed by atoms with Gasteiger partial charge in [-0.05, 0) is 12.3 Å². The first kappa shape index (κ1) is 8.80. The Morgan fingerprint density at radius 1 is 1.67 bits per heavy atom. The molecule has 0 fully saturated rings. The number of allylic oxidation sites excluding steroid dienone is 1. The Kier molecular flexibility index (Phi) is 5.80. The van der Waals surface area contributed by atoms with Crippen molar-refractivity contribution in [2.75, 3.05) is 0 Å². The van der Waals surface area contributed by atoms with E-state index in [0.717, 1.165) is 5.92 Å². The van der Waals surface area contributed by atoms with Crippen LogP contribution in [0.2, 0.25) is 6.32 Å². The van der Waals surface area contributed by atoms with E-state index in [-0.39, 0.29) is 0 Å². The fourth-order valence-corrected chi connectivity index (χ4v) is 0.955. The number of hydrogen-bond acceptors (Lipinski definition) is 0. The third-order valence-electron chi connectivity index (χ3n) is 1.79. The first-order chi connectivity index (χ1) is 4.35. The summed E-state index contributed by atoms with van der Waals surface area (Å²) in [5.74, 6) is 0.768. The van der Waals surface area contributed by atoms with Crippen LogP contribution >= 0.6 is 0 Å². The summed E-state index contributed by atoms with van der Waals surface area (Å²) in [5, 5.41) is 0. The molecule has 0 aliphatic rings. The van der Waals surface area contributed by atoms with E-state index in [9.17, 15) is 0 Å². The van der Waals surface area contributed by atoms with E-state index in [1.807, 2.05) is 0 Å². The molecule has 0 rings (SSSR count). The van der Waals surface area contributed by atoms with Crippen LogP contribution in [0.25, 0.3) is 0 Å². The van der Waals surface area contributed by atoms with Crippen molar-refractivity contribution in [2.24, 2.45) is 5.92 Å². The maximum absolute atomic E-state index is 3.78. The fourth-order valence-electron chi connectivity index (χ4n) is 0.955. The van der Waals surface area contributed by atoms with Gasteiger partial charge < -0.3 is 0 Å². The molecule has 0 saturated carbocycles. The molecule has 0 nitrogen and oxygen atoms in total. The minimum Gasteiger partial charge on any atom is -0.103 e. The van der Waals surface area contributed by atoms with E-state index >= 15 is 0 Å². The van der Waals surface area contributed by atoms with Gasteiger partial charge in [-0.25, -0.2) is 0 Å². The van der Waals surface area contributed by atoms with Crippen LogP contribution in [-0.2, 0) is 0 Å². The van der Waals surface area contributed by atoms with Crippen molar-refractivity contribution in [3.05, 3.63) is 12.7 Å². The highest BCUT2D eigenvalue weighted by atomic mass is 14.0. The molecule has 1 unspecified atom stereocenters. The molecule has 0 aromatic heterocycles. The summed E-state index contributed by atoms with van der Waals surface area (Å²) in [6.45, 7) is 6.02. The molecule has 0 amide bonds. The van der Waals surface area contributed by atoms with Crippen LogP contribution in [0.1, 0.15) is 26.2 Å². The van der Waals surface area contributed by atoms with Crippen LogP contribution in [-0.4, -0.2) is 7.85 Å². The van der Waals surface area contributed by atoms with E-state index in [0.29, 0.717) is 0 Å². The topological polar surface area (TPSA) is 0 Å². The number of hydrogen-bond donors (Lipinski definition) is 0. The minimum absolute atomic E-state index is 0.768. The lowest BCUT2D eigenvalue weighted by molar-refractivity contribution is 0.599. The zero-order valence-corrected chi connectivity index (χ0v) is 6.69. The maximum Gasteiger partial charge on any atom is 0.102 e. The van der Waals surface area contributed by atoms with Crippen molar-refractivity contribution in [2.45, 2.75) is 32.5 Å². The van der Waals surface area contributed by atoms with E-state index < -0.39 is 0 Å².